The van der Waals surface area contributed by atoms with Gasteiger partial charge >= 0.3 is 17.9 Å². The lowest BCUT2D eigenvalue weighted by atomic mass is 10.1. The maximum Gasteiger partial charge on any atom is 0.362 e. The first-order valence-electron chi connectivity index (χ1n) is 24.9. The maximum atomic E-state index is 12.8. The van der Waals surface area contributed by atoms with Gasteiger partial charge < -0.3 is 23.8 Å². The molecule has 0 saturated heterocycles. The molecule has 0 aromatic rings. The van der Waals surface area contributed by atoms with Crippen molar-refractivity contribution >= 4 is 17.9 Å². The number of nitrogens with zero attached hydrogens (tertiary/aromatic N) is 1. The summed E-state index contributed by atoms with van der Waals surface area (Å²) in [6.07, 6.45) is 69.1. The van der Waals surface area contributed by atoms with Crippen LogP contribution in [0.5, 0.6) is 0 Å². The second kappa shape index (κ2) is 46.7. The number of ether oxygens (including phenoxy) is 3. The number of aliphatic carboxylic acids is 1. The molecule has 0 aromatic carbocycles. The minimum atomic E-state index is -0.896. The second-order valence-electron chi connectivity index (χ2n) is 17.0. The third-order valence-electron chi connectivity index (χ3n) is 9.98. The van der Waals surface area contributed by atoms with Gasteiger partial charge in [-0.25, -0.2) is 4.79 Å². The highest BCUT2D eigenvalue weighted by Crippen LogP contribution is 2.11. The van der Waals surface area contributed by atoms with E-state index in [4.69, 9.17) is 14.2 Å². The van der Waals surface area contributed by atoms with Gasteiger partial charge in [0.15, 0.2) is 12.1 Å². The van der Waals surface area contributed by atoms with Crippen LogP contribution in [0.4, 0.5) is 0 Å². The summed E-state index contributed by atoms with van der Waals surface area (Å²) in [5, 5.41) is 9.65. The minimum Gasteiger partial charge on any atom is -0.477 e. The molecule has 2 atom stereocenters. The number of carboxylic acid groups (broad SMARTS) is 1. The Bertz CT molecular complexity index is 1580. The monoisotopic (exact) mass is 913 g/mol. The van der Waals surface area contributed by atoms with Crippen LogP contribution in [0.2, 0.25) is 0 Å². The van der Waals surface area contributed by atoms with Gasteiger partial charge in [0.1, 0.15) is 6.61 Å². The van der Waals surface area contributed by atoms with Gasteiger partial charge in [0.05, 0.1) is 34.4 Å². The summed E-state index contributed by atoms with van der Waals surface area (Å²) >= 11 is 0. The molecule has 0 heterocycles. The zero-order chi connectivity index (χ0) is 48.4. The predicted octanol–water partition coefficient (Wildman–Crippen LogP) is 14.5. The van der Waals surface area contributed by atoms with Gasteiger partial charge in [-0.15, -0.1) is 0 Å². The van der Waals surface area contributed by atoms with Crippen molar-refractivity contribution in [2.24, 2.45) is 0 Å². The molecular weight excluding hydrogens is 823 g/mol. The van der Waals surface area contributed by atoms with Crippen molar-refractivity contribution < 1.29 is 38.2 Å². The first-order chi connectivity index (χ1) is 32.1. The molecule has 0 saturated carbocycles. The number of quaternary nitrogens is 1. The van der Waals surface area contributed by atoms with E-state index in [9.17, 15) is 19.5 Å². The topological polar surface area (TPSA) is 99.1 Å². The molecule has 0 aliphatic heterocycles. The molecule has 0 amide bonds. The Morgan fingerprint density at radius 3 is 1.20 bits per heavy atom. The minimum absolute atomic E-state index is 0.0155. The van der Waals surface area contributed by atoms with Crippen molar-refractivity contribution in [1.29, 1.82) is 0 Å². The zero-order valence-corrected chi connectivity index (χ0v) is 41.8. The number of rotatable bonds is 42. The number of hydrogen-bond donors (Lipinski definition) is 1. The number of allylic oxidation sites excluding steroid dienone is 24. The normalized spacial score (nSPS) is 14.1. The zero-order valence-electron chi connectivity index (χ0n) is 41.8. The Balaban J connectivity index is 4.49. The fourth-order valence-corrected chi connectivity index (χ4v) is 6.22. The summed E-state index contributed by atoms with van der Waals surface area (Å²) in [6.45, 7) is 4.38. The average molecular weight is 913 g/mol. The van der Waals surface area contributed by atoms with E-state index in [1.807, 2.05) is 21.1 Å². The molecule has 1 N–H and O–H groups in total. The lowest BCUT2D eigenvalue weighted by Crippen LogP contribution is -2.50. The Morgan fingerprint density at radius 2 is 0.818 bits per heavy atom. The summed E-state index contributed by atoms with van der Waals surface area (Å²) < 4.78 is 17.2. The molecule has 0 rings (SSSR count). The van der Waals surface area contributed by atoms with E-state index in [2.05, 4.69) is 160 Å². The van der Waals surface area contributed by atoms with Crippen LogP contribution >= 0.6 is 0 Å². The quantitative estimate of drug-likeness (QED) is 0.0282. The van der Waals surface area contributed by atoms with E-state index in [-0.39, 0.29) is 42.7 Å². The lowest BCUT2D eigenvalue weighted by Gasteiger charge is -2.31. The third-order valence-corrected chi connectivity index (χ3v) is 9.98. The number of carbonyl (C=O) groups excluding carboxylic acids is 2. The molecule has 8 heteroatoms. The smallest absolute Gasteiger partial charge is 0.362 e. The average Bonchev–Trinajstić information content (AvgIpc) is 3.28. The van der Waals surface area contributed by atoms with Crippen LogP contribution in [-0.2, 0) is 28.6 Å². The van der Waals surface area contributed by atoms with Crippen LogP contribution in [0.3, 0.4) is 0 Å². The van der Waals surface area contributed by atoms with Crippen molar-refractivity contribution in [3.8, 4) is 0 Å². The predicted molar refractivity (Wildman–Crippen MR) is 279 cm³/mol. The molecule has 66 heavy (non-hydrogen) atoms. The summed E-state index contributed by atoms with van der Waals surface area (Å²) in [5.74, 6) is -1.61. The summed E-state index contributed by atoms with van der Waals surface area (Å²) in [6, 6.07) is -0.641. The summed E-state index contributed by atoms with van der Waals surface area (Å²) in [5.41, 5.74) is 0. The Hall–Kier alpha value is -4.79. The molecule has 0 fully saturated rings. The second-order valence-corrected chi connectivity index (χ2v) is 17.0. The molecule has 0 spiro atoms. The number of carboxylic acids is 1. The summed E-state index contributed by atoms with van der Waals surface area (Å²) in [7, 11) is 5.48. The van der Waals surface area contributed by atoms with Gasteiger partial charge in [0, 0.05) is 19.3 Å². The highest BCUT2D eigenvalue weighted by molar-refractivity contribution is 5.72. The van der Waals surface area contributed by atoms with Crippen molar-refractivity contribution in [2.75, 3.05) is 41.0 Å². The molecule has 0 aliphatic carbocycles. The van der Waals surface area contributed by atoms with E-state index < -0.39 is 18.1 Å². The first-order valence-corrected chi connectivity index (χ1v) is 24.9. The SMILES string of the molecule is CC/C=C/C/C=C/C/C=C/C/C=C/C/C=C/C/C=C/C/C=C/CCCC(=O)OC(COCCC(C(=O)O)[N+](C)(C)C)COC(=O)CCCCC/C=C/C/C=C/C/C=C/C/C=C/C/C=C/CC. The number of likely N-dealkylation sites (N-methyl/N-ethyl adjacent to an activating group) is 1. The fraction of sp³-hybridized carbons (Fsp3) is 0.534. The Morgan fingerprint density at radius 1 is 0.455 bits per heavy atom. The van der Waals surface area contributed by atoms with Crippen LogP contribution in [0.25, 0.3) is 0 Å². The Labute approximate surface area is 402 Å². The van der Waals surface area contributed by atoms with Gasteiger partial charge in [0.2, 0.25) is 0 Å². The van der Waals surface area contributed by atoms with Crippen LogP contribution in [-0.4, -0.2) is 80.6 Å². The van der Waals surface area contributed by atoms with E-state index in [0.717, 1.165) is 109 Å². The molecule has 2 unspecified atom stereocenters. The number of unbranched alkanes of at least 4 members (excludes halogenated alkanes) is 4. The fourth-order valence-electron chi connectivity index (χ4n) is 6.22. The van der Waals surface area contributed by atoms with Crippen LogP contribution in [0.15, 0.2) is 146 Å². The van der Waals surface area contributed by atoms with E-state index >= 15 is 0 Å². The van der Waals surface area contributed by atoms with Gasteiger partial charge in [-0.1, -0.05) is 166 Å². The van der Waals surface area contributed by atoms with Crippen molar-refractivity contribution in [3.05, 3.63) is 146 Å². The van der Waals surface area contributed by atoms with Gasteiger partial charge in [-0.05, 0) is 109 Å². The van der Waals surface area contributed by atoms with Crippen LogP contribution in [0, 0.1) is 0 Å². The Kier molecular flexibility index (Phi) is 43.3. The molecule has 0 aliphatic rings. The van der Waals surface area contributed by atoms with E-state index in [0.29, 0.717) is 19.3 Å². The lowest BCUT2D eigenvalue weighted by molar-refractivity contribution is -0.887. The summed E-state index contributed by atoms with van der Waals surface area (Å²) in [4.78, 5) is 37.1. The molecule has 0 radical (unpaired) electrons. The van der Waals surface area contributed by atoms with E-state index in [1.54, 1.807) is 0 Å². The molecule has 368 valence electrons. The molecular formula is C58H90NO7+. The number of carbonyl (C=O) groups is 3. The highest BCUT2D eigenvalue weighted by Gasteiger charge is 2.31. The van der Waals surface area contributed by atoms with Gasteiger partial charge in [-0.3, -0.25) is 9.59 Å². The highest BCUT2D eigenvalue weighted by atomic mass is 16.6. The number of esters is 2. The third kappa shape index (κ3) is 44.4. The van der Waals surface area contributed by atoms with Gasteiger partial charge in [-0.2, -0.15) is 0 Å². The molecule has 8 nitrogen and oxygen atoms in total. The van der Waals surface area contributed by atoms with E-state index in [1.165, 1.54) is 0 Å². The number of hydrogen-bond acceptors (Lipinski definition) is 6. The maximum absolute atomic E-state index is 12.8. The first kappa shape index (κ1) is 61.2. The van der Waals surface area contributed by atoms with Gasteiger partial charge in [0.25, 0.3) is 0 Å². The molecule has 0 bridgehead atoms. The van der Waals surface area contributed by atoms with Crippen LogP contribution < -0.4 is 0 Å². The largest absolute Gasteiger partial charge is 0.477 e. The van der Waals surface area contributed by atoms with Crippen molar-refractivity contribution in [3.63, 3.8) is 0 Å². The van der Waals surface area contributed by atoms with Crippen molar-refractivity contribution in [2.45, 2.75) is 161 Å². The van der Waals surface area contributed by atoms with Crippen LogP contribution in [0.1, 0.15) is 149 Å². The molecule has 0 aromatic heterocycles. The standard InChI is InChI=1S/C58H89NO7/c1-6-8-10-12-14-16-18-20-22-24-26-27-28-29-31-33-35-37-39-41-43-45-47-49-57(61)66-54(52-64-51-50-55(58(62)63)59(3,4)5)53-65-56(60)48-46-44-42-40-38-36-34-32-30-25-23-21-19-17-15-13-11-9-7-2/h8-11,14-17,20-23,26-27,29-32,35-38,41,43,54-55H,6-7,12-13,18-19,24-25,28,33-34,39-40,42,44-53H2,1-5H3/p+1/b10-8+,11-9+,16-14+,17-15+,22-20+,23-21+,27-26+,31-29+,32-30+,37-35+,38-36+,43-41+. The van der Waals surface area contributed by atoms with Crippen molar-refractivity contribution in [1.82, 2.24) is 0 Å².